The Morgan fingerprint density at radius 3 is 2.13 bits per heavy atom. The zero-order valence-corrected chi connectivity index (χ0v) is 19.7. The molecule has 0 spiro atoms. The topological polar surface area (TPSA) is 105 Å². The summed E-state index contributed by atoms with van der Waals surface area (Å²) in [6, 6.07) is -2.37. The van der Waals surface area contributed by atoms with Gasteiger partial charge in [0.15, 0.2) is 0 Å². The van der Waals surface area contributed by atoms with Gasteiger partial charge in [0.05, 0.1) is 7.11 Å². The van der Waals surface area contributed by atoms with E-state index in [1.165, 1.54) is 24.0 Å². The second-order valence-corrected chi connectivity index (χ2v) is 9.79. The molecule has 1 aliphatic rings. The van der Waals surface area contributed by atoms with E-state index in [2.05, 4.69) is 5.32 Å². The molecule has 9 heteroatoms. The summed E-state index contributed by atoms with van der Waals surface area (Å²) in [6.07, 6.45) is 0.587. The van der Waals surface area contributed by atoms with Crippen LogP contribution in [-0.2, 0) is 23.9 Å². The van der Waals surface area contributed by atoms with Crippen LogP contribution in [0.2, 0.25) is 0 Å². The van der Waals surface area contributed by atoms with Gasteiger partial charge in [0, 0.05) is 13.6 Å². The first-order valence-electron chi connectivity index (χ1n) is 10.2. The first-order valence-corrected chi connectivity index (χ1v) is 10.2. The Hall–Kier alpha value is -2.32. The smallest absolute Gasteiger partial charge is 0.410 e. The number of nitrogens with zero attached hydrogens (tertiary/aromatic N) is 2. The fraction of sp³-hybridized carbons (Fsp3) is 0.810. The zero-order chi connectivity index (χ0) is 23.4. The number of esters is 1. The number of nitrogens with one attached hydrogen (secondary N) is 1. The van der Waals surface area contributed by atoms with Crippen LogP contribution in [0.3, 0.4) is 0 Å². The lowest BCUT2D eigenvalue weighted by Gasteiger charge is -2.36. The minimum atomic E-state index is -0.871. The third kappa shape index (κ3) is 6.60. The van der Waals surface area contributed by atoms with E-state index in [0.29, 0.717) is 19.4 Å². The summed E-state index contributed by atoms with van der Waals surface area (Å²) >= 11 is 0. The van der Waals surface area contributed by atoms with E-state index in [-0.39, 0.29) is 5.91 Å². The van der Waals surface area contributed by atoms with Gasteiger partial charge in [0.1, 0.15) is 23.7 Å². The first-order chi connectivity index (χ1) is 13.6. The lowest BCUT2D eigenvalue weighted by Crippen LogP contribution is -2.59. The van der Waals surface area contributed by atoms with E-state index in [0.717, 1.165) is 0 Å². The van der Waals surface area contributed by atoms with E-state index in [1.54, 1.807) is 27.7 Å². The molecule has 30 heavy (non-hydrogen) atoms. The molecule has 1 N–H and O–H groups in total. The third-order valence-electron chi connectivity index (χ3n) is 5.05. The molecule has 0 saturated carbocycles. The Morgan fingerprint density at radius 2 is 1.67 bits per heavy atom. The average Bonchev–Trinajstić information content (AvgIpc) is 3.10. The van der Waals surface area contributed by atoms with E-state index < -0.39 is 47.1 Å². The molecule has 0 aromatic carbocycles. The second-order valence-electron chi connectivity index (χ2n) is 9.79. The van der Waals surface area contributed by atoms with Gasteiger partial charge in [-0.2, -0.15) is 0 Å². The number of carbonyl (C=O) groups is 4. The number of methoxy groups -OCH3 is 1. The van der Waals surface area contributed by atoms with E-state index in [4.69, 9.17) is 9.47 Å². The maximum atomic E-state index is 13.3. The highest BCUT2D eigenvalue weighted by molar-refractivity contribution is 5.93. The van der Waals surface area contributed by atoms with Crippen molar-refractivity contribution in [2.45, 2.75) is 85.0 Å². The van der Waals surface area contributed by atoms with Crippen LogP contribution in [-0.4, -0.2) is 78.1 Å². The number of hydrogen-bond acceptors (Lipinski definition) is 6. The fourth-order valence-corrected chi connectivity index (χ4v) is 3.16. The van der Waals surface area contributed by atoms with Crippen molar-refractivity contribution in [3.63, 3.8) is 0 Å². The Morgan fingerprint density at radius 1 is 1.10 bits per heavy atom. The molecule has 1 saturated heterocycles. The van der Waals surface area contributed by atoms with Crippen molar-refractivity contribution in [3.05, 3.63) is 0 Å². The van der Waals surface area contributed by atoms with Gasteiger partial charge < -0.3 is 19.7 Å². The normalized spacial score (nSPS) is 19.0. The van der Waals surface area contributed by atoms with Gasteiger partial charge in [0.25, 0.3) is 0 Å². The number of hydrogen-bond donors (Lipinski definition) is 1. The van der Waals surface area contributed by atoms with Gasteiger partial charge in [-0.15, -0.1) is 0 Å². The molecule has 3 atom stereocenters. The van der Waals surface area contributed by atoms with Crippen LogP contribution in [0.5, 0.6) is 0 Å². The van der Waals surface area contributed by atoms with Gasteiger partial charge in [-0.25, -0.2) is 9.59 Å². The predicted molar refractivity (Wildman–Crippen MR) is 112 cm³/mol. The van der Waals surface area contributed by atoms with Crippen LogP contribution < -0.4 is 5.32 Å². The highest BCUT2D eigenvalue weighted by Crippen LogP contribution is 2.26. The molecule has 1 fully saturated rings. The van der Waals surface area contributed by atoms with Crippen LogP contribution >= 0.6 is 0 Å². The molecular weight excluding hydrogens is 390 g/mol. The van der Waals surface area contributed by atoms with Crippen LogP contribution in [0.4, 0.5) is 4.79 Å². The van der Waals surface area contributed by atoms with Crippen molar-refractivity contribution in [2.75, 3.05) is 20.7 Å². The molecular formula is C21H37N3O6. The van der Waals surface area contributed by atoms with Crippen LogP contribution in [0, 0.1) is 5.41 Å². The van der Waals surface area contributed by atoms with Crippen molar-refractivity contribution < 1.29 is 28.7 Å². The SMILES string of the molecule is COC(=O)[C@@H]1CCCN1C(=O)[C@@H](NC(=O)[C@H](C)N(C)C(=O)OC(C)(C)C)C(C)(C)C. The fourth-order valence-electron chi connectivity index (χ4n) is 3.16. The molecule has 0 radical (unpaired) electrons. The van der Waals surface area contributed by atoms with Crippen molar-refractivity contribution in [2.24, 2.45) is 5.41 Å². The van der Waals surface area contributed by atoms with E-state index in [1.807, 2.05) is 20.8 Å². The Bertz CT molecular complexity index is 665. The predicted octanol–water partition coefficient (Wildman–Crippen LogP) is 1.94. The highest BCUT2D eigenvalue weighted by atomic mass is 16.6. The number of likely N-dealkylation sites (tertiary alicyclic amines) is 1. The molecule has 1 aliphatic heterocycles. The molecule has 0 bridgehead atoms. The molecule has 0 unspecified atom stereocenters. The number of likely N-dealkylation sites (N-methyl/N-ethyl adjacent to an activating group) is 1. The molecule has 0 aromatic heterocycles. The lowest BCUT2D eigenvalue weighted by molar-refractivity contribution is -0.153. The number of amides is 3. The quantitative estimate of drug-likeness (QED) is 0.672. The van der Waals surface area contributed by atoms with Gasteiger partial charge in [-0.1, -0.05) is 20.8 Å². The lowest BCUT2D eigenvalue weighted by atomic mass is 9.85. The van der Waals surface area contributed by atoms with Crippen LogP contribution in [0.25, 0.3) is 0 Å². The summed E-state index contributed by atoms with van der Waals surface area (Å²) in [5.41, 5.74) is -1.30. The minimum absolute atomic E-state index is 0.337. The Labute approximate surface area is 179 Å². The monoisotopic (exact) mass is 427 g/mol. The average molecular weight is 428 g/mol. The molecule has 9 nitrogen and oxygen atoms in total. The summed E-state index contributed by atoms with van der Waals surface area (Å²) < 4.78 is 10.1. The van der Waals surface area contributed by atoms with Crippen LogP contribution in [0.1, 0.15) is 61.3 Å². The molecule has 1 heterocycles. The summed E-state index contributed by atoms with van der Waals surface area (Å²) in [4.78, 5) is 53.1. The van der Waals surface area contributed by atoms with Gasteiger partial charge in [0.2, 0.25) is 11.8 Å². The van der Waals surface area contributed by atoms with E-state index >= 15 is 0 Å². The number of rotatable bonds is 5. The molecule has 0 aliphatic carbocycles. The van der Waals surface area contributed by atoms with Gasteiger partial charge >= 0.3 is 12.1 Å². The molecule has 1 rings (SSSR count). The standard InChI is InChI=1S/C21H37N3O6/c1-13(23(8)19(28)30-21(5,6)7)16(25)22-15(20(2,3)4)17(26)24-12-10-11-14(24)18(27)29-9/h13-15H,10-12H2,1-9H3,(H,22,25)/t13-,14-,15+/m0/s1. The van der Waals surface area contributed by atoms with Gasteiger partial charge in [-0.05, 0) is 46.0 Å². The minimum Gasteiger partial charge on any atom is -0.467 e. The largest absolute Gasteiger partial charge is 0.467 e. The molecule has 0 aromatic rings. The van der Waals surface area contributed by atoms with Crippen molar-refractivity contribution in [3.8, 4) is 0 Å². The Kier molecular flexibility index (Phi) is 8.28. The summed E-state index contributed by atoms with van der Waals surface area (Å²) in [7, 11) is 2.76. The second kappa shape index (κ2) is 9.66. The Balaban J connectivity index is 2.97. The maximum absolute atomic E-state index is 13.3. The summed E-state index contributed by atoms with van der Waals surface area (Å²) in [5.74, 6) is -1.28. The van der Waals surface area contributed by atoms with Crippen molar-refractivity contribution >= 4 is 23.9 Å². The first kappa shape index (κ1) is 25.7. The third-order valence-corrected chi connectivity index (χ3v) is 5.05. The number of carbonyl (C=O) groups excluding carboxylic acids is 4. The molecule has 3 amide bonds. The van der Waals surface area contributed by atoms with Crippen LogP contribution in [0.15, 0.2) is 0 Å². The highest BCUT2D eigenvalue weighted by Gasteiger charge is 2.43. The van der Waals surface area contributed by atoms with Crippen molar-refractivity contribution in [1.29, 1.82) is 0 Å². The van der Waals surface area contributed by atoms with Gasteiger partial charge in [-0.3, -0.25) is 14.5 Å². The number of ether oxygens (including phenoxy) is 2. The summed E-state index contributed by atoms with van der Waals surface area (Å²) in [5, 5.41) is 2.78. The van der Waals surface area contributed by atoms with Crippen molar-refractivity contribution in [1.82, 2.24) is 15.1 Å². The molecule has 172 valence electrons. The summed E-state index contributed by atoms with van der Waals surface area (Å²) in [6.45, 7) is 12.7. The van der Waals surface area contributed by atoms with E-state index in [9.17, 15) is 19.2 Å². The maximum Gasteiger partial charge on any atom is 0.410 e. The zero-order valence-electron chi connectivity index (χ0n) is 19.7.